The number of benzene rings is 1. The first kappa shape index (κ1) is 18.6. The predicted octanol–water partition coefficient (Wildman–Crippen LogP) is 2.55. The van der Waals surface area contributed by atoms with Crippen molar-refractivity contribution in [1.29, 1.82) is 0 Å². The van der Waals surface area contributed by atoms with Gasteiger partial charge in [0.1, 0.15) is 5.01 Å². The van der Waals surface area contributed by atoms with Crippen molar-refractivity contribution in [3.05, 3.63) is 34.3 Å². The molecule has 140 valence electrons. The summed E-state index contributed by atoms with van der Waals surface area (Å²) in [6.45, 7) is 6.21. The van der Waals surface area contributed by atoms with Crippen molar-refractivity contribution in [1.82, 2.24) is 15.1 Å². The largest absolute Gasteiger partial charge is 0.447 e. The summed E-state index contributed by atoms with van der Waals surface area (Å²) >= 11 is 1.17. The van der Waals surface area contributed by atoms with Crippen LogP contribution in [0.25, 0.3) is 0 Å². The molecule has 1 aromatic heterocycles. The molecular formula is C16H20N4O4S2. The molecule has 0 saturated heterocycles. The minimum absolute atomic E-state index is 0.128. The Morgan fingerprint density at radius 3 is 2.73 bits per heavy atom. The highest BCUT2D eigenvalue weighted by Gasteiger charge is 2.25. The van der Waals surface area contributed by atoms with Gasteiger partial charge in [0, 0.05) is 13.1 Å². The molecule has 10 heteroatoms. The number of aryl methyl sites for hydroxylation is 1. The second-order valence-corrected chi connectivity index (χ2v) is 9.13. The first-order valence-corrected chi connectivity index (χ1v) is 10.4. The Bertz CT molecular complexity index is 924. The van der Waals surface area contributed by atoms with Gasteiger partial charge in [-0.3, -0.25) is 4.72 Å². The summed E-state index contributed by atoms with van der Waals surface area (Å²) in [4.78, 5) is 13.8. The summed E-state index contributed by atoms with van der Waals surface area (Å²) in [5.74, 6) is 0. The van der Waals surface area contributed by atoms with E-state index in [9.17, 15) is 13.2 Å². The van der Waals surface area contributed by atoms with Crippen LogP contribution in [-0.2, 0) is 27.7 Å². The van der Waals surface area contributed by atoms with E-state index in [0.717, 1.165) is 11.1 Å². The molecule has 1 aromatic carbocycles. The minimum atomic E-state index is -3.77. The summed E-state index contributed by atoms with van der Waals surface area (Å²) < 4.78 is 32.8. The number of rotatable bonds is 4. The lowest BCUT2D eigenvalue weighted by Gasteiger charge is -2.29. The molecule has 8 nitrogen and oxygen atoms in total. The summed E-state index contributed by atoms with van der Waals surface area (Å²) in [5, 5.41) is 8.48. The van der Waals surface area contributed by atoms with Gasteiger partial charge in [0.05, 0.1) is 11.0 Å². The van der Waals surface area contributed by atoms with Crippen LogP contribution in [0, 0.1) is 6.92 Å². The molecule has 0 fully saturated rings. The Morgan fingerprint density at radius 1 is 1.31 bits per heavy atom. The zero-order chi connectivity index (χ0) is 18.9. The number of carbonyl (C=O) groups excluding carboxylic acids is 1. The van der Waals surface area contributed by atoms with E-state index in [0.29, 0.717) is 24.5 Å². The Morgan fingerprint density at radius 2 is 2.08 bits per heavy atom. The standard InChI is InChI=1S/C16H20N4O4S2/c1-10(2)24-16(21)20-7-6-12-4-5-14(8-13(12)9-20)26(22,23)19-15-18-17-11(3)25-15/h4-5,8,10H,6-7,9H2,1-3H3,(H,18,19). The third-order valence-electron chi connectivity index (χ3n) is 3.84. The van der Waals surface area contributed by atoms with Gasteiger partial charge >= 0.3 is 6.09 Å². The van der Waals surface area contributed by atoms with E-state index < -0.39 is 10.0 Å². The first-order chi connectivity index (χ1) is 12.2. The molecule has 3 rings (SSSR count). The fourth-order valence-electron chi connectivity index (χ4n) is 2.64. The molecule has 0 unspecified atom stereocenters. The maximum absolute atomic E-state index is 12.6. The van der Waals surface area contributed by atoms with Crippen LogP contribution < -0.4 is 4.72 Å². The van der Waals surface area contributed by atoms with Crippen LogP contribution in [0.4, 0.5) is 9.93 Å². The van der Waals surface area contributed by atoms with E-state index in [1.807, 2.05) is 0 Å². The number of nitrogens with one attached hydrogen (secondary N) is 1. The number of amides is 1. The summed E-state index contributed by atoms with van der Waals surface area (Å²) in [7, 11) is -3.77. The molecular weight excluding hydrogens is 376 g/mol. The molecule has 2 aromatic rings. The van der Waals surface area contributed by atoms with Crippen LogP contribution in [0.15, 0.2) is 23.1 Å². The SMILES string of the molecule is Cc1nnc(NS(=O)(=O)c2ccc3c(c2)CN(C(=O)OC(C)C)CC3)s1. The van der Waals surface area contributed by atoms with Crippen LogP contribution in [0.1, 0.15) is 30.0 Å². The molecule has 2 heterocycles. The molecule has 1 amide bonds. The van der Waals surface area contributed by atoms with E-state index in [-0.39, 0.29) is 22.2 Å². The molecule has 0 spiro atoms. The third-order valence-corrected chi connectivity index (χ3v) is 6.06. The molecule has 1 aliphatic heterocycles. The third kappa shape index (κ3) is 4.13. The Labute approximate surface area is 156 Å². The van der Waals surface area contributed by atoms with E-state index in [1.54, 1.807) is 43.9 Å². The van der Waals surface area contributed by atoms with Crippen molar-refractivity contribution >= 4 is 32.6 Å². The van der Waals surface area contributed by atoms with Gasteiger partial charge in [-0.15, -0.1) is 10.2 Å². The van der Waals surface area contributed by atoms with Crippen LogP contribution in [0.5, 0.6) is 0 Å². The second kappa shape index (κ2) is 7.20. The van der Waals surface area contributed by atoms with Crippen LogP contribution in [-0.4, -0.2) is 42.3 Å². The molecule has 0 atom stereocenters. The van der Waals surface area contributed by atoms with E-state index in [2.05, 4.69) is 14.9 Å². The van der Waals surface area contributed by atoms with Crippen molar-refractivity contribution in [2.24, 2.45) is 0 Å². The fraction of sp³-hybridized carbons (Fsp3) is 0.438. The van der Waals surface area contributed by atoms with E-state index in [4.69, 9.17) is 4.74 Å². The van der Waals surface area contributed by atoms with Crippen molar-refractivity contribution < 1.29 is 17.9 Å². The predicted molar refractivity (Wildman–Crippen MR) is 97.6 cm³/mol. The lowest BCUT2D eigenvalue weighted by atomic mass is 10.0. The maximum atomic E-state index is 12.6. The van der Waals surface area contributed by atoms with Gasteiger partial charge in [0.15, 0.2) is 0 Å². The molecule has 1 N–H and O–H groups in total. The van der Waals surface area contributed by atoms with Crippen LogP contribution >= 0.6 is 11.3 Å². The van der Waals surface area contributed by atoms with Crippen molar-refractivity contribution in [2.45, 2.75) is 44.7 Å². The van der Waals surface area contributed by atoms with Crippen LogP contribution in [0.3, 0.4) is 0 Å². The van der Waals surface area contributed by atoms with Crippen LogP contribution in [0.2, 0.25) is 0 Å². The number of anilines is 1. The van der Waals surface area contributed by atoms with Gasteiger partial charge in [-0.1, -0.05) is 17.4 Å². The van der Waals surface area contributed by atoms with Crippen molar-refractivity contribution in [2.75, 3.05) is 11.3 Å². The summed E-state index contributed by atoms with van der Waals surface area (Å²) in [6, 6.07) is 4.96. The number of sulfonamides is 1. The second-order valence-electron chi connectivity index (χ2n) is 6.27. The maximum Gasteiger partial charge on any atom is 0.410 e. The Balaban J connectivity index is 1.81. The van der Waals surface area contributed by atoms with Gasteiger partial charge in [0.2, 0.25) is 5.13 Å². The zero-order valence-electron chi connectivity index (χ0n) is 14.7. The number of carbonyl (C=O) groups is 1. The Kier molecular flexibility index (Phi) is 5.15. The van der Waals surface area contributed by atoms with Gasteiger partial charge in [0.25, 0.3) is 10.0 Å². The molecule has 0 saturated carbocycles. The highest BCUT2D eigenvalue weighted by Crippen LogP contribution is 2.25. The average molecular weight is 396 g/mol. The average Bonchev–Trinajstić information content (AvgIpc) is 2.97. The Hall–Kier alpha value is -2.20. The number of hydrogen-bond donors (Lipinski definition) is 1. The highest BCUT2D eigenvalue weighted by molar-refractivity contribution is 7.93. The smallest absolute Gasteiger partial charge is 0.410 e. The van der Waals surface area contributed by atoms with Gasteiger partial charge in [-0.25, -0.2) is 13.2 Å². The number of hydrogen-bond acceptors (Lipinski definition) is 7. The monoisotopic (exact) mass is 396 g/mol. The van der Waals surface area contributed by atoms with Gasteiger partial charge in [-0.2, -0.15) is 0 Å². The topological polar surface area (TPSA) is 101 Å². The molecule has 26 heavy (non-hydrogen) atoms. The number of ether oxygens (including phenoxy) is 1. The number of aromatic nitrogens is 2. The minimum Gasteiger partial charge on any atom is -0.447 e. The van der Waals surface area contributed by atoms with Crippen molar-refractivity contribution in [3.8, 4) is 0 Å². The first-order valence-electron chi connectivity index (χ1n) is 8.15. The molecule has 0 aliphatic carbocycles. The zero-order valence-corrected chi connectivity index (χ0v) is 16.4. The van der Waals surface area contributed by atoms with Gasteiger partial charge < -0.3 is 9.64 Å². The normalized spacial score (nSPS) is 14.2. The number of nitrogens with zero attached hydrogens (tertiary/aromatic N) is 3. The molecule has 0 radical (unpaired) electrons. The van der Waals surface area contributed by atoms with Crippen molar-refractivity contribution in [3.63, 3.8) is 0 Å². The lowest BCUT2D eigenvalue weighted by Crippen LogP contribution is -2.37. The quantitative estimate of drug-likeness (QED) is 0.852. The lowest BCUT2D eigenvalue weighted by molar-refractivity contribution is 0.0729. The van der Waals surface area contributed by atoms with E-state index >= 15 is 0 Å². The number of fused-ring (bicyclic) bond motifs is 1. The molecule has 1 aliphatic rings. The summed E-state index contributed by atoms with van der Waals surface area (Å²) in [5.41, 5.74) is 1.83. The molecule has 0 bridgehead atoms. The fourth-order valence-corrected chi connectivity index (χ4v) is 4.52. The van der Waals surface area contributed by atoms with E-state index in [1.165, 1.54) is 11.3 Å². The summed E-state index contributed by atoms with van der Waals surface area (Å²) in [6.07, 6.45) is 0.0721. The highest BCUT2D eigenvalue weighted by atomic mass is 32.2. The van der Waals surface area contributed by atoms with Gasteiger partial charge in [-0.05, 0) is 50.5 Å².